The summed E-state index contributed by atoms with van der Waals surface area (Å²) >= 11 is 0. The first-order chi connectivity index (χ1) is 21.3. The third-order valence-electron chi connectivity index (χ3n) is 11.7. The number of benzene rings is 1. The molecule has 9 rings (SSSR count). The van der Waals surface area contributed by atoms with Gasteiger partial charge in [-0.1, -0.05) is 30.3 Å². The van der Waals surface area contributed by atoms with Gasteiger partial charge in [-0.05, 0) is 136 Å². The van der Waals surface area contributed by atoms with Crippen LogP contribution in [0.25, 0.3) is 0 Å². The molecule has 0 saturated heterocycles. The Bertz CT molecular complexity index is 1190. The molecule has 8 fully saturated rings. The van der Waals surface area contributed by atoms with Crippen molar-refractivity contribution in [2.45, 2.75) is 108 Å². The smallest absolute Gasteiger partial charge is 0.317 e. The largest absolute Gasteiger partial charge is 0.460 e. The van der Waals surface area contributed by atoms with E-state index in [1.807, 2.05) is 30.3 Å². The van der Waals surface area contributed by atoms with Gasteiger partial charge in [0.05, 0.1) is 5.60 Å². The van der Waals surface area contributed by atoms with Crippen LogP contribution in [0.3, 0.4) is 0 Å². The number of ketones is 1. The Morgan fingerprint density at radius 3 is 1.91 bits per heavy atom. The van der Waals surface area contributed by atoms with Gasteiger partial charge < -0.3 is 15.3 Å². The first-order valence-electron chi connectivity index (χ1n) is 17.0. The Hall–Kier alpha value is -2.94. The normalized spacial score (nSPS) is 37.0. The number of carbonyl (C=O) groups excluding carboxylic acids is 3. The number of nitrogens with two attached hydrogens (primary N) is 1. The molecule has 8 saturated carbocycles. The highest BCUT2D eigenvalue weighted by Gasteiger charge is 2.54. The molecule has 0 unspecified atom stereocenters. The van der Waals surface area contributed by atoms with Crippen LogP contribution in [0.4, 0.5) is 0 Å². The second kappa shape index (κ2) is 12.1. The van der Waals surface area contributed by atoms with E-state index in [4.69, 9.17) is 20.1 Å². The first kappa shape index (κ1) is 29.8. The van der Waals surface area contributed by atoms with Crippen molar-refractivity contribution in [3.8, 4) is 0 Å². The number of hydrogen-bond acceptors (Lipinski definition) is 7. The van der Waals surface area contributed by atoms with Crippen LogP contribution < -0.4 is 5.73 Å². The van der Waals surface area contributed by atoms with Gasteiger partial charge in [-0.15, -0.1) is 0 Å². The van der Waals surface area contributed by atoms with E-state index >= 15 is 0 Å². The average molecular weight is 606 g/mol. The standard InChI is InChI=1S/C35H47N3O6/c36-33(37-43-34-15-24-9-25(16-34)11-26(10-24)17-34)38(44-35-18-27-12-28(19-35)14-29(13-27)20-35)8-4-7-30(31(40)21-39)32(41)42-22-23-5-2-1-3-6-23/h1-3,5-6,21,24-30H,4,7-20,22H2,(H2,36,37)/t24?,25?,26?,27?,28?,29?,30-,34?,35?/m0/s1. The molecule has 1 atom stereocenters. The predicted octanol–water partition coefficient (Wildman–Crippen LogP) is 5.31. The van der Waals surface area contributed by atoms with Gasteiger partial charge in [0.15, 0.2) is 6.29 Å². The van der Waals surface area contributed by atoms with E-state index < -0.39 is 17.7 Å². The highest BCUT2D eigenvalue weighted by molar-refractivity contribution is 6.30. The van der Waals surface area contributed by atoms with E-state index in [1.165, 1.54) is 38.5 Å². The van der Waals surface area contributed by atoms with Crippen LogP contribution >= 0.6 is 0 Å². The SMILES string of the molecule is N/C(=N\OC12CC3CC(CC(C3)C1)C2)N(CCC[C@@H](C(=O)C=O)C(=O)OCc1ccccc1)OC12CC3CC(CC(C3)C1)C2. The van der Waals surface area contributed by atoms with Crippen molar-refractivity contribution in [2.75, 3.05) is 6.54 Å². The van der Waals surface area contributed by atoms with Crippen molar-refractivity contribution < 1.29 is 28.8 Å². The average Bonchev–Trinajstić information content (AvgIpc) is 2.99. The molecule has 0 radical (unpaired) electrons. The number of oxime groups is 1. The molecule has 8 aliphatic rings. The van der Waals surface area contributed by atoms with Crippen molar-refractivity contribution in [3.63, 3.8) is 0 Å². The van der Waals surface area contributed by atoms with Crippen molar-refractivity contribution in [1.29, 1.82) is 0 Å². The minimum Gasteiger partial charge on any atom is -0.460 e. The van der Waals surface area contributed by atoms with Crippen molar-refractivity contribution >= 4 is 24.0 Å². The van der Waals surface area contributed by atoms with E-state index in [0.717, 1.165) is 61.8 Å². The number of ether oxygens (including phenoxy) is 1. The molecule has 0 aliphatic heterocycles. The van der Waals surface area contributed by atoms with Gasteiger partial charge in [0.2, 0.25) is 5.78 Å². The van der Waals surface area contributed by atoms with Gasteiger partial charge in [-0.2, -0.15) is 0 Å². The minimum absolute atomic E-state index is 0.0465. The fourth-order valence-corrected chi connectivity index (χ4v) is 10.6. The first-order valence-corrected chi connectivity index (χ1v) is 17.0. The van der Waals surface area contributed by atoms with Crippen molar-refractivity contribution in [2.24, 2.45) is 52.3 Å². The van der Waals surface area contributed by atoms with Gasteiger partial charge >= 0.3 is 5.97 Å². The highest BCUT2D eigenvalue weighted by Crippen LogP contribution is 2.58. The summed E-state index contributed by atoms with van der Waals surface area (Å²) in [5, 5.41) is 6.21. The van der Waals surface area contributed by atoms with Gasteiger partial charge in [0.1, 0.15) is 18.1 Å². The van der Waals surface area contributed by atoms with Gasteiger partial charge in [-0.3, -0.25) is 19.2 Å². The summed E-state index contributed by atoms with van der Waals surface area (Å²) < 4.78 is 5.43. The molecule has 44 heavy (non-hydrogen) atoms. The topological polar surface area (TPSA) is 121 Å². The number of nitrogens with zero attached hydrogens (tertiary/aromatic N) is 2. The fraction of sp³-hybridized carbons (Fsp3) is 0.714. The molecule has 0 spiro atoms. The molecule has 238 valence electrons. The Labute approximate surface area is 260 Å². The Kier molecular flexibility index (Phi) is 8.18. The van der Waals surface area contributed by atoms with E-state index in [0.29, 0.717) is 30.7 Å². The summed E-state index contributed by atoms with van der Waals surface area (Å²) in [6.07, 6.45) is 14.8. The number of carbonyl (C=O) groups is 3. The van der Waals surface area contributed by atoms with E-state index in [1.54, 1.807) is 5.06 Å². The monoisotopic (exact) mass is 605 g/mol. The zero-order valence-electron chi connectivity index (χ0n) is 25.7. The molecule has 8 bridgehead atoms. The molecular weight excluding hydrogens is 558 g/mol. The summed E-state index contributed by atoms with van der Waals surface area (Å²) in [4.78, 5) is 50.1. The zero-order valence-corrected chi connectivity index (χ0v) is 25.7. The third-order valence-corrected chi connectivity index (χ3v) is 11.7. The molecule has 1 aromatic rings. The van der Waals surface area contributed by atoms with Crippen LogP contribution in [0.15, 0.2) is 35.5 Å². The van der Waals surface area contributed by atoms with Crippen LogP contribution in [-0.2, 0) is 35.4 Å². The molecular formula is C35H47N3O6. The number of aldehydes is 1. The molecule has 9 heteroatoms. The second-order valence-corrected chi connectivity index (χ2v) is 15.2. The Morgan fingerprint density at radius 2 is 1.39 bits per heavy atom. The highest BCUT2D eigenvalue weighted by atomic mass is 16.7. The zero-order chi connectivity index (χ0) is 30.3. The van der Waals surface area contributed by atoms with Gasteiger partial charge in [-0.25, -0.2) is 5.06 Å². The quantitative estimate of drug-likeness (QED) is 0.0611. The number of hydrogen-bond donors (Lipinski definition) is 1. The number of rotatable bonds is 13. The van der Waals surface area contributed by atoms with Crippen LogP contribution in [0.2, 0.25) is 0 Å². The van der Waals surface area contributed by atoms with Gasteiger partial charge in [0.25, 0.3) is 5.96 Å². The summed E-state index contributed by atoms with van der Waals surface area (Å²) in [5.74, 6) is 1.83. The molecule has 9 nitrogen and oxygen atoms in total. The predicted molar refractivity (Wildman–Crippen MR) is 162 cm³/mol. The number of guanidine groups is 1. The van der Waals surface area contributed by atoms with E-state index in [9.17, 15) is 14.4 Å². The minimum atomic E-state index is -1.17. The number of hydroxylamine groups is 2. The van der Waals surface area contributed by atoms with E-state index in [2.05, 4.69) is 5.16 Å². The molecule has 1 aromatic carbocycles. The number of esters is 1. The number of Topliss-reactive ketones (excluding diaryl/α,β-unsaturated/α-hetero) is 1. The molecule has 0 heterocycles. The molecule has 0 aromatic heterocycles. The van der Waals surface area contributed by atoms with Gasteiger partial charge in [0, 0.05) is 6.54 Å². The second-order valence-electron chi connectivity index (χ2n) is 15.2. The van der Waals surface area contributed by atoms with Crippen LogP contribution in [0.1, 0.15) is 95.5 Å². The summed E-state index contributed by atoms with van der Waals surface area (Å²) in [5.41, 5.74) is 6.99. The molecule has 8 aliphatic carbocycles. The maximum absolute atomic E-state index is 12.9. The maximum atomic E-state index is 12.9. The lowest BCUT2D eigenvalue weighted by molar-refractivity contribution is -0.263. The third kappa shape index (κ3) is 6.26. The summed E-state index contributed by atoms with van der Waals surface area (Å²) in [6, 6.07) is 9.28. The van der Waals surface area contributed by atoms with Crippen LogP contribution in [-0.4, -0.2) is 46.8 Å². The lowest BCUT2D eigenvalue weighted by atomic mass is 9.54. The maximum Gasteiger partial charge on any atom is 0.317 e. The fourth-order valence-electron chi connectivity index (χ4n) is 10.6. The van der Waals surface area contributed by atoms with Crippen molar-refractivity contribution in [1.82, 2.24) is 5.06 Å². The lowest BCUT2D eigenvalue weighted by Gasteiger charge is -2.56. The van der Waals surface area contributed by atoms with Crippen LogP contribution in [0.5, 0.6) is 0 Å². The lowest BCUT2D eigenvalue weighted by Crippen LogP contribution is -2.56. The Balaban J connectivity index is 1.03. The van der Waals surface area contributed by atoms with Crippen LogP contribution in [0, 0.1) is 41.4 Å². The summed E-state index contributed by atoms with van der Waals surface area (Å²) in [6.45, 7) is 0.376. The van der Waals surface area contributed by atoms with Crippen molar-refractivity contribution in [3.05, 3.63) is 35.9 Å². The Morgan fingerprint density at radius 1 is 0.864 bits per heavy atom. The van der Waals surface area contributed by atoms with E-state index in [-0.39, 0.29) is 36.5 Å². The summed E-state index contributed by atoms with van der Waals surface area (Å²) in [7, 11) is 0. The molecule has 0 amide bonds. The molecule has 2 N–H and O–H groups in total.